The highest BCUT2D eigenvalue weighted by Gasteiger charge is 2.30. The smallest absolute Gasteiger partial charge is 0.272 e. The lowest BCUT2D eigenvalue weighted by Crippen LogP contribution is -2.49. The number of piperidine rings is 1. The van der Waals surface area contributed by atoms with Gasteiger partial charge in [-0.05, 0) is 76.1 Å². The van der Waals surface area contributed by atoms with Crippen LogP contribution in [0.15, 0.2) is 30.3 Å². The maximum atomic E-state index is 13.4. The van der Waals surface area contributed by atoms with Crippen LogP contribution in [0.4, 0.5) is 0 Å². The van der Waals surface area contributed by atoms with Gasteiger partial charge in [-0.3, -0.25) is 14.3 Å². The molecule has 1 saturated heterocycles. The zero-order chi connectivity index (χ0) is 22.5. The van der Waals surface area contributed by atoms with E-state index in [4.69, 9.17) is 4.74 Å². The Bertz CT molecular complexity index is 954. The summed E-state index contributed by atoms with van der Waals surface area (Å²) in [5.41, 5.74) is 2.60. The Balaban J connectivity index is 1.59. The predicted octanol–water partition coefficient (Wildman–Crippen LogP) is 3.45. The summed E-state index contributed by atoms with van der Waals surface area (Å²) in [5.74, 6) is 0.784. The van der Waals surface area contributed by atoms with Crippen molar-refractivity contribution in [2.75, 3.05) is 26.2 Å². The summed E-state index contributed by atoms with van der Waals surface area (Å²) in [7, 11) is 0. The van der Waals surface area contributed by atoms with E-state index in [2.05, 4.69) is 17.2 Å². The zero-order valence-corrected chi connectivity index (χ0v) is 19.3. The molecule has 1 atom stereocenters. The molecule has 0 N–H and O–H groups in total. The number of aromatic nitrogens is 2. The molecule has 0 saturated carbocycles. The maximum Gasteiger partial charge on any atom is 0.272 e. The SMILES string of the molecule is CCn1nc(C)cc1C(=O)N1CCCOc2cccc(c2)CCC2CCCCN2C(=O)C1. The lowest BCUT2D eigenvalue weighted by molar-refractivity contribution is -0.135. The van der Waals surface area contributed by atoms with Crippen LogP contribution in [0.5, 0.6) is 5.75 Å². The molecule has 0 aliphatic carbocycles. The lowest BCUT2D eigenvalue weighted by Gasteiger charge is -2.37. The number of rotatable bonds is 2. The van der Waals surface area contributed by atoms with E-state index in [1.165, 1.54) is 5.56 Å². The largest absolute Gasteiger partial charge is 0.494 e. The van der Waals surface area contributed by atoms with Gasteiger partial charge in [0, 0.05) is 25.7 Å². The molecule has 7 heteroatoms. The molecule has 7 nitrogen and oxygen atoms in total. The van der Waals surface area contributed by atoms with Crippen molar-refractivity contribution in [3.63, 3.8) is 0 Å². The van der Waals surface area contributed by atoms with Crippen molar-refractivity contribution in [2.24, 2.45) is 0 Å². The fraction of sp³-hybridized carbons (Fsp3) is 0.560. The average Bonchev–Trinajstić information content (AvgIpc) is 3.19. The van der Waals surface area contributed by atoms with Gasteiger partial charge in [0.2, 0.25) is 5.91 Å². The van der Waals surface area contributed by atoms with Gasteiger partial charge in [-0.15, -0.1) is 0 Å². The van der Waals surface area contributed by atoms with Gasteiger partial charge in [-0.2, -0.15) is 5.10 Å². The van der Waals surface area contributed by atoms with E-state index in [1.807, 2.05) is 36.9 Å². The third-order valence-electron chi connectivity index (χ3n) is 6.49. The van der Waals surface area contributed by atoms with Crippen LogP contribution in [0.3, 0.4) is 0 Å². The number of aryl methyl sites for hydroxylation is 3. The summed E-state index contributed by atoms with van der Waals surface area (Å²) < 4.78 is 7.68. The number of amides is 2. The first-order valence-electron chi connectivity index (χ1n) is 11.9. The minimum atomic E-state index is -0.136. The first-order valence-corrected chi connectivity index (χ1v) is 11.9. The van der Waals surface area contributed by atoms with Crippen LogP contribution in [0.25, 0.3) is 0 Å². The molecule has 3 heterocycles. The fourth-order valence-corrected chi connectivity index (χ4v) is 4.83. The Labute approximate surface area is 190 Å². The predicted molar refractivity (Wildman–Crippen MR) is 123 cm³/mol. The maximum absolute atomic E-state index is 13.4. The van der Waals surface area contributed by atoms with Crippen LogP contribution >= 0.6 is 0 Å². The molecule has 1 fully saturated rings. The third-order valence-corrected chi connectivity index (χ3v) is 6.49. The van der Waals surface area contributed by atoms with Crippen molar-refractivity contribution in [3.8, 4) is 5.75 Å². The van der Waals surface area contributed by atoms with E-state index >= 15 is 0 Å². The molecule has 1 aromatic heterocycles. The number of nitrogens with zero attached hydrogens (tertiary/aromatic N) is 4. The number of ether oxygens (including phenoxy) is 1. The Hall–Kier alpha value is -2.83. The van der Waals surface area contributed by atoms with E-state index in [0.717, 1.165) is 50.1 Å². The molecule has 2 aliphatic rings. The van der Waals surface area contributed by atoms with Crippen LogP contribution in [-0.4, -0.2) is 63.7 Å². The third kappa shape index (κ3) is 5.14. The zero-order valence-electron chi connectivity index (χ0n) is 19.3. The van der Waals surface area contributed by atoms with Crippen LogP contribution < -0.4 is 4.74 Å². The molecule has 2 amide bonds. The second-order valence-corrected chi connectivity index (χ2v) is 8.84. The van der Waals surface area contributed by atoms with Crippen LogP contribution in [0.1, 0.15) is 60.8 Å². The summed E-state index contributed by atoms with van der Waals surface area (Å²) in [5, 5.41) is 4.42. The molecule has 2 bridgehead atoms. The summed E-state index contributed by atoms with van der Waals surface area (Å²) in [6.45, 7) is 6.32. The highest BCUT2D eigenvalue weighted by atomic mass is 16.5. The highest BCUT2D eigenvalue weighted by molar-refractivity contribution is 5.95. The number of hydrogen-bond acceptors (Lipinski definition) is 4. The van der Waals surface area contributed by atoms with Gasteiger partial charge in [0.25, 0.3) is 5.91 Å². The van der Waals surface area contributed by atoms with Crippen molar-refractivity contribution in [1.82, 2.24) is 19.6 Å². The van der Waals surface area contributed by atoms with Gasteiger partial charge in [0.15, 0.2) is 0 Å². The molecule has 0 spiro atoms. The Morgan fingerprint density at radius 2 is 2.03 bits per heavy atom. The van der Waals surface area contributed by atoms with Gasteiger partial charge >= 0.3 is 0 Å². The Morgan fingerprint density at radius 3 is 2.88 bits per heavy atom. The minimum absolute atomic E-state index is 0.0501. The molecule has 1 unspecified atom stereocenters. The van der Waals surface area contributed by atoms with Gasteiger partial charge in [-0.25, -0.2) is 0 Å². The number of benzene rings is 1. The molecule has 4 rings (SSSR count). The van der Waals surface area contributed by atoms with Crippen LogP contribution in [0.2, 0.25) is 0 Å². The van der Waals surface area contributed by atoms with Crippen molar-refractivity contribution in [2.45, 2.75) is 65.0 Å². The fourth-order valence-electron chi connectivity index (χ4n) is 4.83. The monoisotopic (exact) mass is 438 g/mol. The van der Waals surface area contributed by atoms with E-state index in [9.17, 15) is 9.59 Å². The summed E-state index contributed by atoms with van der Waals surface area (Å²) in [6, 6.07) is 10.3. The van der Waals surface area contributed by atoms with E-state index < -0.39 is 0 Å². The van der Waals surface area contributed by atoms with Crippen molar-refractivity contribution >= 4 is 11.8 Å². The van der Waals surface area contributed by atoms with Crippen molar-refractivity contribution in [1.29, 1.82) is 0 Å². The van der Waals surface area contributed by atoms with E-state index in [1.54, 1.807) is 9.58 Å². The standard InChI is InChI=1S/C25H34N4O3/c1-3-29-23(16-19(2)26-29)25(31)27-13-7-15-32-22-10-6-8-20(17-22)11-12-21-9-4-5-14-28(21)24(30)18-27/h6,8,10,16-17,21H,3-5,7,9,11-15,18H2,1-2H3. The Morgan fingerprint density at radius 1 is 1.16 bits per heavy atom. The molecule has 0 radical (unpaired) electrons. The highest BCUT2D eigenvalue weighted by Crippen LogP contribution is 2.24. The van der Waals surface area contributed by atoms with Crippen molar-refractivity contribution in [3.05, 3.63) is 47.3 Å². The average molecular weight is 439 g/mol. The van der Waals surface area contributed by atoms with Gasteiger partial charge in [-0.1, -0.05) is 12.1 Å². The molecule has 2 aliphatic heterocycles. The minimum Gasteiger partial charge on any atom is -0.494 e. The van der Waals surface area contributed by atoms with Gasteiger partial charge < -0.3 is 14.5 Å². The van der Waals surface area contributed by atoms with Crippen molar-refractivity contribution < 1.29 is 14.3 Å². The molecule has 2 aromatic rings. The second-order valence-electron chi connectivity index (χ2n) is 8.84. The number of carbonyl (C=O) groups is 2. The number of hydrogen-bond donors (Lipinski definition) is 0. The van der Waals surface area contributed by atoms with Crippen LogP contribution in [0, 0.1) is 6.92 Å². The molecular formula is C25H34N4O3. The topological polar surface area (TPSA) is 67.7 Å². The molecular weight excluding hydrogens is 404 g/mol. The second kappa shape index (κ2) is 10.2. The number of fused-ring (bicyclic) bond motifs is 3. The Kier molecular flexibility index (Phi) is 7.12. The van der Waals surface area contributed by atoms with Gasteiger partial charge in [0.05, 0.1) is 12.3 Å². The van der Waals surface area contributed by atoms with E-state index in [0.29, 0.717) is 31.8 Å². The van der Waals surface area contributed by atoms with Gasteiger partial charge in [0.1, 0.15) is 18.0 Å². The first kappa shape index (κ1) is 22.4. The summed E-state index contributed by atoms with van der Waals surface area (Å²) >= 11 is 0. The lowest BCUT2D eigenvalue weighted by atomic mass is 9.95. The first-order chi connectivity index (χ1) is 15.5. The molecule has 1 aromatic carbocycles. The normalized spacial score (nSPS) is 20.3. The summed E-state index contributed by atoms with van der Waals surface area (Å²) in [4.78, 5) is 30.5. The molecule has 32 heavy (non-hydrogen) atoms. The number of carbonyl (C=O) groups excluding carboxylic acids is 2. The molecule has 172 valence electrons. The van der Waals surface area contributed by atoms with E-state index in [-0.39, 0.29) is 24.4 Å². The quantitative estimate of drug-likeness (QED) is 0.720. The summed E-state index contributed by atoms with van der Waals surface area (Å²) in [6.07, 6.45) is 5.72. The van der Waals surface area contributed by atoms with Crippen LogP contribution in [-0.2, 0) is 17.8 Å².